The number of furan rings is 1. The fourth-order valence-electron chi connectivity index (χ4n) is 3.04. The van der Waals surface area contributed by atoms with Crippen LogP contribution >= 0.6 is 0 Å². The third-order valence-corrected chi connectivity index (χ3v) is 4.26. The summed E-state index contributed by atoms with van der Waals surface area (Å²) in [6.07, 6.45) is 2.09. The number of carbonyl (C=O) groups excluding carboxylic acids is 2. The van der Waals surface area contributed by atoms with Crippen molar-refractivity contribution >= 4 is 29.5 Å². The summed E-state index contributed by atoms with van der Waals surface area (Å²) in [6.45, 7) is 3.45. The molecule has 140 valence electrons. The Kier molecular flexibility index (Phi) is 5.07. The monoisotopic (exact) mass is 370 g/mol. The van der Waals surface area contributed by atoms with E-state index >= 15 is 0 Å². The van der Waals surface area contributed by atoms with Crippen molar-refractivity contribution in [1.29, 1.82) is 0 Å². The number of nitro groups is 1. The van der Waals surface area contributed by atoms with E-state index in [0.29, 0.717) is 0 Å². The van der Waals surface area contributed by atoms with Crippen molar-refractivity contribution in [3.8, 4) is 0 Å². The topological polar surface area (TPSA) is 103 Å². The summed E-state index contributed by atoms with van der Waals surface area (Å²) < 4.78 is 10.1. The minimum atomic E-state index is -0.971. The van der Waals surface area contributed by atoms with E-state index in [1.807, 2.05) is 31.2 Å². The molecule has 1 aromatic heterocycles. The van der Waals surface area contributed by atoms with Gasteiger partial charge in [-0.25, -0.2) is 4.79 Å². The lowest BCUT2D eigenvalue weighted by atomic mass is 10.1. The molecule has 0 spiro atoms. The largest absolute Gasteiger partial charge is 0.449 e. The molecule has 0 radical (unpaired) electrons. The molecule has 1 aliphatic heterocycles. The van der Waals surface area contributed by atoms with E-state index in [4.69, 9.17) is 9.15 Å². The van der Waals surface area contributed by atoms with E-state index in [0.717, 1.165) is 23.7 Å². The van der Waals surface area contributed by atoms with Crippen LogP contribution in [0.4, 0.5) is 11.6 Å². The number of amides is 1. The van der Waals surface area contributed by atoms with Gasteiger partial charge in [0.25, 0.3) is 5.91 Å². The normalized spacial score (nSPS) is 17.0. The van der Waals surface area contributed by atoms with Crippen molar-refractivity contribution in [3.05, 3.63) is 63.9 Å². The number of carbonyl (C=O) groups is 2. The second-order valence-electron chi connectivity index (χ2n) is 6.24. The van der Waals surface area contributed by atoms with E-state index < -0.39 is 22.9 Å². The van der Waals surface area contributed by atoms with Gasteiger partial charge in [0.2, 0.25) is 0 Å². The first-order chi connectivity index (χ1) is 12.9. The van der Waals surface area contributed by atoms with Crippen LogP contribution in [-0.4, -0.2) is 28.9 Å². The highest BCUT2D eigenvalue weighted by Crippen LogP contribution is 2.32. The number of esters is 1. The van der Waals surface area contributed by atoms with E-state index in [-0.39, 0.29) is 17.7 Å². The molecule has 27 heavy (non-hydrogen) atoms. The number of para-hydroxylation sites is 1. The van der Waals surface area contributed by atoms with Crippen LogP contribution in [0.3, 0.4) is 0 Å². The highest BCUT2D eigenvalue weighted by atomic mass is 16.6. The number of rotatable bonds is 5. The van der Waals surface area contributed by atoms with Crippen LogP contribution in [0.15, 0.2) is 46.9 Å². The summed E-state index contributed by atoms with van der Waals surface area (Å²) in [7, 11) is 0. The first kappa shape index (κ1) is 18.4. The summed E-state index contributed by atoms with van der Waals surface area (Å²) in [5.41, 5.74) is 1.91. The van der Waals surface area contributed by atoms with Gasteiger partial charge in [-0.1, -0.05) is 18.2 Å². The maximum Gasteiger partial charge on any atom is 0.433 e. The van der Waals surface area contributed by atoms with Gasteiger partial charge in [0.1, 0.15) is 10.7 Å². The highest BCUT2D eigenvalue weighted by molar-refractivity contribution is 6.00. The molecule has 1 aromatic carbocycles. The van der Waals surface area contributed by atoms with Crippen LogP contribution in [0.25, 0.3) is 6.08 Å². The predicted molar refractivity (Wildman–Crippen MR) is 97.0 cm³/mol. The lowest BCUT2D eigenvalue weighted by molar-refractivity contribution is -0.402. The first-order valence-corrected chi connectivity index (χ1v) is 8.40. The molecule has 2 aromatic rings. The standard InChI is InChI=1S/C19H18N2O6/c1-12-11-14-5-3-4-6-16(14)20(12)19(23)13(2)26-18(22)10-8-15-7-9-17(27-15)21(24)25/h3-10,12-13H,11H2,1-2H3/b10-8+/t12-,13+/m1/s1. The molecule has 1 amide bonds. The van der Waals surface area contributed by atoms with Gasteiger partial charge in [0.15, 0.2) is 6.10 Å². The molecule has 0 aliphatic carbocycles. The highest BCUT2D eigenvalue weighted by Gasteiger charge is 2.34. The van der Waals surface area contributed by atoms with Crippen LogP contribution in [0.2, 0.25) is 0 Å². The lowest BCUT2D eigenvalue weighted by Gasteiger charge is -2.25. The predicted octanol–water partition coefficient (Wildman–Crippen LogP) is 3.11. The van der Waals surface area contributed by atoms with Gasteiger partial charge in [-0.05, 0) is 44.0 Å². The molecule has 1 aliphatic rings. The Morgan fingerprint density at radius 3 is 2.78 bits per heavy atom. The minimum absolute atomic E-state index is 0.0183. The number of ether oxygens (including phenoxy) is 1. The summed E-state index contributed by atoms with van der Waals surface area (Å²) in [6, 6.07) is 10.2. The molecule has 2 heterocycles. The smallest absolute Gasteiger partial charge is 0.433 e. The zero-order chi connectivity index (χ0) is 19.6. The average Bonchev–Trinajstić information content (AvgIpc) is 3.23. The van der Waals surface area contributed by atoms with Crippen LogP contribution in [0, 0.1) is 10.1 Å². The van der Waals surface area contributed by atoms with Gasteiger partial charge in [-0.15, -0.1) is 0 Å². The third kappa shape index (κ3) is 3.89. The number of nitrogens with zero attached hydrogens (tertiary/aromatic N) is 2. The quantitative estimate of drug-likeness (QED) is 0.347. The van der Waals surface area contributed by atoms with Crippen molar-refractivity contribution < 1.29 is 23.7 Å². The molecule has 2 atom stereocenters. The molecule has 0 saturated carbocycles. The van der Waals surface area contributed by atoms with Gasteiger partial charge >= 0.3 is 11.9 Å². The molecule has 3 rings (SSSR count). The first-order valence-electron chi connectivity index (χ1n) is 8.40. The van der Waals surface area contributed by atoms with Crippen molar-refractivity contribution in [1.82, 2.24) is 0 Å². The molecule has 0 saturated heterocycles. The van der Waals surface area contributed by atoms with Gasteiger partial charge in [0, 0.05) is 17.8 Å². The molecule has 0 bridgehead atoms. The number of fused-ring (bicyclic) bond motifs is 1. The molecule has 0 fully saturated rings. The maximum atomic E-state index is 12.7. The SMILES string of the molecule is C[C@H](OC(=O)/C=C/c1ccc([N+](=O)[O-])o1)C(=O)N1c2ccccc2C[C@H]1C. The molecule has 8 nitrogen and oxygen atoms in total. The molecular formula is C19H18N2O6. The Morgan fingerprint density at radius 1 is 1.33 bits per heavy atom. The second kappa shape index (κ2) is 7.45. The number of benzene rings is 1. The van der Waals surface area contributed by atoms with Gasteiger partial charge in [0.05, 0.1) is 6.07 Å². The number of hydrogen-bond donors (Lipinski definition) is 0. The second-order valence-corrected chi connectivity index (χ2v) is 6.24. The summed E-state index contributed by atoms with van der Waals surface area (Å²) in [5, 5.41) is 10.6. The Bertz CT molecular complexity index is 916. The van der Waals surface area contributed by atoms with Crippen LogP contribution < -0.4 is 4.90 Å². The Balaban J connectivity index is 1.63. The van der Waals surface area contributed by atoms with Crippen LogP contribution in [-0.2, 0) is 20.7 Å². The van der Waals surface area contributed by atoms with Crippen molar-refractivity contribution in [2.24, 2.45) is 0 Å². The fraction of sp³-hybridized carbons (Fsp3) is 0.263. The number of anilines is 1. The third-order valence-electron chi connectivity index (χ3n) is 4.26. The average molecular weight is 370 g/mol. The van der Waals surface area contributed by atoms with E-state index in [9.17, 15) is 19.7 Å². The van der Waals surface area contributed by atoms with Gasteiger partial charge in [-0.2, -0.15) is 0 Å². The molecule has 0 N–H and O–H groups in total. The van der Waals surface area contributed by atoms with Crippen molar-refractivity contribution in [3.63, 3.8) is 0 Å². The zero-order valence-corrected chi connectivity index (χ0v) is 14.8. The van der Waals surface area contributed by atoms with Crippen LogP contribution in [0.5, 0.6) is 0 Å². The molecular weight excluding hydrogens is 352 g/mol. The zero-order valence-electron chi connectivity index (χ0n) is 14.8. The van der Waals surface area contributed by atoms with E-state index in [1.165, 1.54) is 25.1 Å². The Morgan fingerprint density at radius 2 is 2.07 bits per heavy atom. The van der Waals surface area contributed by atoms with Crippen molar-refractivity contribution in [2.45, 2.75) is 32.4 Å². The van der Waals surface area contributed by atoms with E-state index in [1.54, 1.807) is 4.90 Å². The number of hydrogen-bond acceptors (Lipinski definition) is 6. The maximum absolute atomic E-state index is 12.7. The Labute approximate surface area is 155 Å². The summed E-state index contributed by atoms with van der Waals surface area (Å²) >= 11 is 0. The van der Waals surface area contributed by atoms with Crippen LogP contribution in [0.1, 0.15) is 25.2 Å². The van der Waals surface area contributed by atoms with Gasteiger partial charge < -0.3 is 14.1 Å². The summed E-state index contributed by atoms with van der Waals surface area (Å²) in [4.78, 5) is 36.2. The van der Waals surface area contributed by atoms with E-state index in [2.05, 4.69) is 0 Å². The Hall–Kier alpha value is -3.42. The minimum Gasteiger partial charge on any atom is -0.449 e. The molecule has 8 heteroatoms. The summed E-state index contributed by atoms with van der Waals surface area (Å²) in [5.74, 6) is -1.33. The van der Waals surface area contributed by atoms with Gasteiger partial charge in [-0.3, -0.25) is 14.9 Å². The molecule has 0 unspecified atom stereocenters. The fourth-order valence-corrected chi connectivity index (χ4v) is 3.04. The lowest BCUT2D eigenvalue weighted by Crippen LogP contribution is -2.43. The van der Waals surface area contributed by atoms with Crippen molar-refractivity contribution in [2.75, 3.05) is 4.90 Å².